The molecule has 2 fully saturated rings. The summed E-state index contributed by atoms with van der Waals surface area (Å²) in [6, 6.07) is 4.08. The van der Waals surface area contributed by atoms with Crippen LogP contribution in [-0.2, 0) is 4.79 Å². The number of piperidine rings is 1. The van der Waals surface area contributed by atoms with Crippen LogP contribution in [0.4, 0.5) is 0 Å². The fourth-order valence-electron chi connectivity index (χ4n) is 4.34. The quantitative estimate of drug-likeness (QED) is 0.814. The van der Waals surface area contributed by atoms with Gasteiger partial charge in [0.25, 0.3) is 5.91 Å². The summed E-state index contributed by atoms with van der Waals surface area (Å²) < 4.78 is 0. The molecule has 1 aliphatic carbocycles. The zero-order valence-electron chi connectivity index (χ0n) is 17.3. The number of amides is 2. The van der Waals surface area contributed by atoms with Gasteiger partial charge < -0.3 is 10.2 Å². The normalized spacial score (nSPS) is 22.9. The molecule has 154 valence electrons. The summed E-state index contributed by atoms with van der Waals surface area (Å²) in [5, 5.41) is 10.3. The number of nitrogens with one attached hydrogen (secondary N) is 2. The van der Waals surface area contributed by atoms with Gasteiger partial charge in [-0.3, -0.25) is 19.7 Å². The van der Waals surface area contributed by atoms with Gasteiger partial charge in [-0.1, -0.05) is 6.07 Å². The molecule has 1 saturated heterocycles. The van der Waals surface area contributed by atoms with Crippen LogP contribution in [0.5, 0.6) is 0 Å². The highest BCUT2D eigenvalue weighted by molar-refractivity contribution is 5.94. The molecular weight excluding hydrogens is 366 g/mol. The number of H-pyrrole nitrogens is 1. The monoisotopic (exact) mass is 395 g/mol. The molecule has 1 saturated carbocycles. The smallest absolute Gasteiger partial charge is 0.274 e. The molecule has 7 heteroatoms. The molecule has 0 bridgehead atoms. The second-order valence-corrected chi connectivity index (χ2v) is 8.48. The molecular formula is C22H29N5O2. The van der Waals surface area contributed by atoms with Gasteiger partial charge in [-0.15, -0.1) is 0 Å². The van der Waals surface area contributed by atoms with E-state index in [1.165, 1.54) is 0 Å². The zero-order valence-corrected chi connectivity index (χ0v) is 17.3. The number of carbonyl (C=O) groups excluding carboxylic acids is 2. The van der Waals surface area contributed by atoms with Crippen molar-refractivity contribution < 1.29 is 9.59 Å². The molecule has 0 radical (unpaired) electrons. The van der Waals surface area contributed by atoms with Crippen molar-refractivity contribution in [3.05, 3.63) is 47.0 Å². The van der Waals surface area contributed by atoms with Crippen LogP contribution in [0.1, 0.15) is 59.4 Å². The van der Waals surface area contributed by atoms with Crippen LogP contribution >= 0.6 is 0 Å². The van der Waals surface area contributed by atoms with E-state index in [-0.39, 0.29) is 23.8 Å². The topological polar surface area (TPSA) is 91.0 Å². The van der Waals surface area contributed by atoms with E-state index in [2.05, 4.69) is 27.4 Å². The van der Waals surface area contributed by atoms with Gasteiger partial charge in [0.05, 0.1) is 0 Å². The molecule has 1 aliphatic heterocycles. The number of nitrogens with zero attached hydrogens (tertiary/aromatic N) is 3. The van der Waals surface area contributed by atoms with Crippen molar-refractivity contribution in [1.82, 2.24) is 25.4 Å². The van der Waals surface area contributed by atoms with Crippen LogP contribution in [0, 0.1) is 25.7 Å². The molecule has 3 heterocycles. The first-order valence-corrected chi connectivity index (χ1v) is 10.5. The Balaban J connectivity index is 1.26. The van der Waals surface area contributed by atoms with Crippen molar-refractivity contribution in [2.75, 3.05) is 13.1 Å². The number of carbonyl (C=O) groups is 2. The van der Waals surface area contributed by atoms with Crippen molar-refractivity contribution in [2.24, 2.45) is 11.8 Å². The Labute approximate surface area is 171 Å². The second-order valence-electron chi connectivity index (χ2n) is 8.48. The first-order chi connectivity index (χ1) is 14.0. The Kier molecular flexibility index (Phi) is 5.39. The number of pyridine rings is 1. The van der Waals surface area contributed by atoms with Gasteiger partial charge in [0.2, 0.25) is 5.91 Å². The molecule has 2 aliphatic rings. The number of rotatable bonds is 5. The van der Waals surface area contributed by atoms with E-state index in [4.69, 9.17) is 0 Å². The van der Waals surface area contributed by atoms with Gasteiger partial charge in [0.1, 0.15) is 0 Å². The Bertz CT molecular complexity index is 886. The maximum absolute atomic E-state index is 12.7. The van der Waals surface area contributed by atoms with Crippen LogP contribution in [0.3, 0.4) is 0 Å². The Morgan fingerprint density at radius 3 is 2.66 bits per heavy atom. The third-order valence-corrected chi connectivity index (χ3v) is 6.60. The highest BCUT2D eigenvalue weighted by Crippen LogP contribution is 2.47. The van der Waals surface area contributed by atoms with E-state index < -0.39 is 0 Å². The maximum atomic E-state index is 12.7. The molecule has 0 aromatic carbocycles. The molecule has 7 nitrogen and oxygen atoms in total. The summed E-state index contributed by atoms with van der Waals surface area (Å²) in [5.74, 6) is 0.900. The number of likely N-dealkylation sites (tertiary alicyclic amines) is 1. The SMILES string of the molecule is Cc1[nH]nc(C(=O)N2CCC([C@@H](C)NC(=O)[C@@H]3C[C@H]3c3cccnc3)CC2)c1C. The summed E-state index contributed by atoms with van der Waals surface area (Å²) in [4.78, 5) is 31.4. The van der Waals surface area contributed by atoms with Crippen molar-refractivity contribution in [3.8, 4) is 0 Å². The first kappa shape index (κ1) is 19.6. The van der Waals surface area contributed by atoms with E-state index >= 15 is 0 Å². The van der Waals surface area contributed by atoms with Crippen LogP contribution in [0.15, 0.2) is 24.5 Å². The van der Waals surface area contributed by atoms with Crippen molar-refractivity contribution in [3.63, 3.8) is 0 Å². The summed E-state index contributed by atoms with van der Waals surface area (Å²) in [6.07, 6.45) is 6.31. The Morgan fingerprint density at radius 2 is 2.03 bits per heavy atom. The average molecular weight is 396 g/mol. The zero-order chi connectivity index (χ0) is 20.5. The van der Waals surface area contributed by atoms with Crippen LogP contribution in [-0.4, -0.2) is 51.0 Å². The molecule has 4 rings (SSSR count). The third-order valence-electron chi connectivity index (χ3n) is 6.60. The summed E-state index contributed by atoms with van der Waals surface area (Å²) in [5.41, 5.74) is 3.53. The minimum absolute atomic E-state index is 0.000665. The van der Waals surface area contributed by atoms with E-state index in [1.807, 2.05) is 37.1 Å². The number of aryl methyl sites for hydroxylation is 1. The molecule has 2 aromatic rings. The predicted octanol–water partition coefficient (Wildman–Crippen LogP) is 2.58. The van der Waals surface area contributed by atoms with Crippen LogP contribution in [0.2, 0.25) is 0 Å². The van der Waals surface area contributed by atoms with Gasteiger partial charge in [-0.2, -0.15) is 5.10 Å². The lowest BCUT2D eigenvalue weighted by molar-refractivity contribution is -0.123. The van der Waals surface area contributed by atoms with E-state index in [1.54, 1.807) is 6.20 Å². The minimum atomic E-state index is -0.000665. The van der Waals surface area contributed by atoms with Gasteiger partial charge in [-0.25, -0.2) is 0 Å². The summed E-state index contributed by atoms with van der Waals surface area (Å²) >= 11 is 0. The highest BCUT2D eigenvalue weighted by Gasteiger charge is 2.44. The maximum Gasteiger partial charge on any atom is 0.274 e. The van der Waals surface area contributed by atoms with E-state index in [0.717, 1.165) is 36.1 Å². The highest BCUT2D eigenvalue weighted by atomic mass is 16.2. The lowest BCUT2D eigenvalue weighted by Gasteiger charge is -2.35. The lowest BCUT2D eigenvalue weighted by atomic mass is 9.90. The van der Waals surface area contributed by atoms with E-state index in [9.17, 15) is 9.59 Å². The number of hydrogen-bond acceptors (Lipinski definition) is 4. The molecule has 2 N–H and O–H groups in total. The van der Waals surface area contributed by atoms with Gasteiger partial charge in [-0.05, 0) is 63.5 Å². The van der Waals surface area contributed by atoms with Crippen molar-refractivity contribution in [1.29, 1.82) is 0 Å². The Hall–Kier alpha value is -2.70. The van der Waals surface area contributed by atoms with Crippen molar-refractivity contribution >= 4 is 11.8 Å². The Morgan fingerprint density at radius 1 is 1.28 bits per heavy atom. The second kappa shape index (κ2) is 7.97. The van der Waals surface area contributed by atoms with Gasteiger partial charge >= 0.3 is 0 Å². The number of aromatic nitrogens is 3. The average Bonchev–Trinajstić information content (AvgIpc) is 3.48. The minimum Gasteiger partial charge on any atom is -0.353 e. The molecule has 2 amide bonds. The van der Waals surface area contributed by atoms with Gasteiger partial charge in [0, 0.05) is 48.7 Å². The first-order valence-electron chi connectivity index (χ1n) is 10.5. The van der Waals surface area contributed by atoms with Crippen molar-refractivity contribution in [2.45, 2.75) is 52.0 Å². The van der Waals surface area contributed by atoms with Crippen LogP contribution in [0.25, 0.3) is 0 Å². The lowest BCUT2D eigenvalue weighted by Crippen LogP contribution is -2.46. The van der Waals surface area contributed by atoms with Crippen LogP contribution < -0.4 is 5.32 Å². The fraction of sp³-hybridized carbons (Fsp3) is 0.545. The summed E-state index contributed by atoms with van der Waals surface area (Å²) in [7, 11) is 0. The molecule has 0 unspecified atom stereocenters. The number of aromatic amines is 1. The predicted molar refractivity (Wildman–Crippen MR) is 109 cm³/mol. The standard InChI is InChI=1S/C22H29N5O2/c1-13-14(2)25-26-20(13)22(29)27-9-6-16(7-10-27)15(3)24-21(28)19-11-18(19)17-5-4-8-23-12-17/h4-5,8,12,15-16,18-19H,6-7,9-11H2,1-3H3,(H,24,28)(H,25,26)/t15-,18+,19-/m1/s1. The number of hydrogen-bond donors (Lipinski definition) is 2. The molecule has 0 spiro atoms. The molecule has 2 aromatic heterocycles. The summed E-state index contributed by atoms with van der Waals surface area (Å²) in [6.45, 7) is 7.35. The molecule has 29 heavy (non-hydrogen) atoms. The fourth-order valence-corrected chi connectivity index (χ4v) is 4.34. The molecule has 3 atom stereocenters. The largest absolute Gasteiger partial charge is 0.353 e. The third kappa shape index (κ3) is 4.04. The van der Waals surface area contributed by atoms with Gasteiger partial charge in [0.15, 0.2) is 5.69 Å². The van der Waals surface area contributed by atoms with E-state index in [0.29, 0.717) is 30.6 Å².